The molecule has 0 unspecified atom stereocenters. The van der Waals surface area contributed by atoms with Crippen LogP contribution in [0.5, 0.6) is 0 Å². The summed E-state index contributed by atoms with van der Waals surface area (Å²) in [6.45, 7) is 1.08. The fourth-order valence-electron chi connectivity index (χ4n) is 0.754. The average Bonchev–Trinajstić information content (AvgIpc) is 1.86. The summed E-state index contributed by atoms with van der Waals surface area (Å²) >= 11 is 5.56. The summed E-state index contributed by atoms with van der Waals surface area (Å²) in [7, 11) is 0. The Hall–Kier alpha value is -0.600. The van der Waals surface area contributed by atoms with Crippen molar-refractivity contribution in [2.75, 3.05) is 0 Å². The van der Waals surface area contributed by atoms with E-state index in [1.807, 2.05) is 0 Å². The van der Waals surface area contributed by atoms with Crippen molar-refractivity contribution in [2.45, 2.75) is 12.8 Å². The quantitative estimate of drug-likeness (QED) is 0.694. The first kappa shape index (κ1) is 8.50. The minimum absolute atomic E-state index is 0.210. The van der Waals surface area contributed by atoms with Gasteiger partial charge in [-0.15, -0.1) is 0 Å². The highest BCUT2D eigenvalue weighted by atomic mass is 35.5. The van der Waals surface area contributed by atoms with Crippen LogP contribution in [0.1, 0.15) is 12.5 Å². The molecule has 1 aromatic carbocycles. The molecule has 0 aliphatic carbocycles. The van der Waals surface area contributed by atoms with Crippen LogP contribution in [0.3, 0.4) is 0 Å². The Bertz CT molecular complexity index is 237. The molecule has 1 rings (SSSR count). The van der Waals surface area contributed by atoms with Crippen LogP contribution in [0, 0.1) is 0 Å². The van der Waals surface area contributed by atoms with Gasteiger partial charge < -0.3 is 5.11 Å². The number of aliphatic hydroxyl groups is 1. The topological polar surface area (TPSA) is 20.2 Å². The first-order valence-electron chi connectivity index (χ1n) is 3.17. The maximum Gasteiger partial charge on any atom is 0.230 e. The molecule has 3 heteroatoms. The van der Waals surface area contributed by atoms with Gasteiger partial charge in [-0.2, -0.15) is 0 Å². The van der Waals surface area contributed by atoms with Gasteiger partial charge in [-0.1, -0.05) is 23.7 Å². The van der Waals surface area contributed by atoms with E-state index in [0.717, 1.165) is 6.92 Å². The molecule has 0 aromatic heterocycles. The number of hydrogen-bond donors (Lipinski definition) is 1. The van der Waals surface area contributed by atoms with E-state index in [2.05, 4.69) is 0 Å². The van der Waals surface area contributed by atoms with Gasteiger partial charge in [-0.05, 0) is 19.1 Å². The van der Waals surface area contributed by atoms with Crippen molar-refractivity contribution in [2.24, 2.45) is 0 Å². The van der Waals surface area contributed by atoms with Crippen molar-refractivity contribution < 1.29 is 9.50 Å². The van der Waals surface area contributed by atoms with Crippen molar-refractivity contribution >= 4 is 11.6 Å². The number of halogens is 2. The Morgan fingerprint density at radius 1 is 1.36 bits per heavy atom. The van der Waals surface area contributed by atoms with Crippen molar-refractivity contribution in [3.05, 3.63) is 34.9 Å². The molecule has 0 bridgehead atoms. The van der Waals surface area contributed by atoms with Gasteiger partial charge in [0, 0.05) is 10.6 Å². The molecule has 0 heterocycles. The van der Waals surface area contributed by atoms with E-state index in [1.165, 1.54) is 24.3 Å². The van der Waals surface area contributed by atoms with Crippen LogP contribution in [0.4, 0.5) is 4.39 Å². The van der Waals surface area contributed by atoms with Crippen LogP contribution in [0.15, 0.2) is 24.3 Å². The van der Waals surface area contributed by atoms with Crippen LogP contribution in [0.25, 0.3) is 0 Å². The zero-order valence-corrected chi connectivity index (χ0v) is 6.77. The molecular weight excluding hydrogens is 167 g/mol. The van der Waals surface area contributed by atoms with Crippen LogP contribution in [-0.4, -0.2) is 5.11 Å². The Balaban J connectivity index is 2.99. The van der Waals surface area contributed by atoms with Crippen molar-refractivity contribution in [3.8, 4) is 0 Å². The lowest BCUT2D eigenvalue weighted by molar-refractivity contribution is -0.0768. The zero-order valence-electron chi connectivity index (χ0n) is 6.01. The van der Waals surface area contributed by atoms with E-state index < -0.39 is 5.85 Å². The van der Waals surface area contributed by atoms with E-state index in [-0.39, 0.29) is 5.56 Å². The predicted molar refractivity (Wildman–Crippen MR) is 42.1 cm³/mol. The molecule has 0 aliphatic heterocycles. The zero-order chi connectivity index (χ0) is 8.48. The second-order valence-corrected chi connectivity index (χ2v) is 2.90. The van der Waals surface area contributed by atoms with Gasteiger partial charge in [-0.3, -0.25) is 0 Å². The summed E-state index contributed by atoms with van der Waals surface area (Å²) in [5, 5.41) is 9.40. The van der Waals surface area contributed by atoms with Crippen LogP contribution < -0.4 is 0 Å². The molecule has 0 radical (unpaired) electrons. The van der Waals surface area contributed by atoms with Crippen LogP contribution in [-0.2, 0) is 5.85 Å². The molecular formula is C8H8ClFO. The number of hydrogen-bond acceptors (Lipinski definition) is 1. The van der Waals surface area contributed by atoms with Gasteiger partial charge >= 0.3 is 0 Å². The largest absolute Gasteiger partial charge is 0.358 e. The molecule has 1 atom stereocenters. The van der Waals surface area contributed by atoms with E-state index in [9.17, 15) is 4.39 Å². The third-order valence-corrected chi connectivity index (χ3v) is 1.62. The summed E-state index contributed by atoms with van der Waals surface area (Å²) in [6.07, 6.45) is 0. The standard InChI is InChI=1S/C8H8ClFO/c1-8(10,11)6-2-4-7(9)5-3-6/h2-5,11H,1H3/t8-/m0/s1. The van der Waals surface area contributed by atoms with E-state index in [0.29, 0.717) is 5.02 Å². The molecule has 0 aliphatic rings. The average molecular weight is 175 g/mol. The summed E-state index contributed by atoms with van der Waals surface area (Å²) in [6, 6.07) is 5.96. The van der Waals surface area contributed by atoms with E-state index in [4.69, 9.17) is 16.7 Å². The summed E-state index contributed by atoms with van der Waals surface area (Å²) in [5.41, 5.74) is 0.210. The van der Waals surface area contributed by atoms with Crippen LogP contribution >= 0.6 is 11.6 Å². The first-order valence-corrected chi connectivity index (χ1v) is 3.55. The fraction of sp³-hybridized carbons (Fsp3) is 0.250. The van der Waals surface area contributed by atoms with Gasteiger partial charge in [0.2, 0.25) is 5.85 Å². The highest BCUT2D eigenvalue weighted by molar-refractivity contribution is 6.30. The monoisotopic (exact) mass is 174 g/mol. The molecule has 0 spiro atoms. The highest BCUT2D eigenvalue weighted by Gasteiger charge is 2.20. The second-order valence-electron chi connectivity index (χ2n) is 2.46. The lowest BCUT2D eigenvalue weighted by atomic mass is 10.1. The minimum Gasteiger partial charge on any atom is -0.358 e. The molecule has 0 saturated heterocycles. The molecule has 0 fully saturated rings. The van der Waals surface area contributed by atoms with Gasteiger partial charge in [0.25, 0.3) is 0 Å². The molecule has 1 N–H and O–H groups in total. The Morgan fingerprint density at radius 2 is 1.82 bits per heavy atom. The molecule has 0 amide bonds. The third kappa shape index (κ3) is 2.17. The second kappa shape index (κ2) is 2.80. The Kier molecular flexibility index (Phi) is 2.16. The lowest BCUT2D eigenvalue weighted by Gasteiger charge is -2.12. The molecule has 0 saturated carbocycles. The van der Waals surface area contributed by atoms with Gasteiger partial charge in [0.15, 0.2) is 0 Å². The predicted octanol–water partition coefficient (Wildman–Crippen LogP) is 2.47. The van der Waals surface area contributed by atoms with Gasteiger partial charge in [-0.25, -0.2) is 4.39 Å². The number of rotatable bonds is 1. The van der Waals surface area contributed by atoms with Crippen LogP contribution in [0.2, 0.25) is 5.02 Å². The molecule has 11 heavy (non-hydrogen) atoms. The van der Waals surface area contributed by atoms with Gasteiger partial charge in [0.1, 0.15) is 0 Å². The number of benzene rings is 1. The SMILES string of the molecule is C[C@@](O)(F)c1ccc(Cl)cc1. The van der Waals surface area contributed by atoms with Crippen molar-refractivity contribution in [1.29, 1.82) is 0 Å². The van der Waals surface area contributed by atoms with Crippen molar-refractivity contribution in [3.63, 3.8) is 0 Å². The lowest BCUT2D eigenvalue weighted by Crippen LogP contribution is -2.12. The third-order valence-electron chi connectivity index (χ3n) is 1.37. The van der Waals surface area contributed by atoms with E-state index in [1.54, 1.807) is 0 Å². The normalized spacial score (nSPS) is 16.0. The van der Waals surface area contributed by atoms with Gasteiger partial charge in [0.05, 0.1) is 0 Å². The Labute approximate surface area is 69.4 Å². The minimum atomic E-state index is -2.27. The maximum absolute atomic E-state index is 12.8. The summed E-state index contributed by atoms with van der Waals surface area (Å²) in [4.78, 5) is 0. The summed E-state index contributed by atoms with van der Waals surface area (Å²) < 4.78 is 12.8. The highest BCUT2D eigenvalue weighted by Crippen LogP contribution is 2.22. The smallest absolute Gasteiger partial charge is 0.230 e. The molecule has 60 valence electrons. The maximum atomic E-state index is 12.8. The fourth-order valence-corrected chi connectivity index (χ4v) is 0.880. The van der Waals surface area contributed by atoms with Crippen molar-refractivity contribution in [1.82, 2.24) is 0 Å². The number of alkyl halides is 1. The summed E-state index contributed by atoms with van der Waals surface area (Å²) in [5.74, 6) is -2.27. The first-order chi connectivity index (χ1) is 5.00. The molecule has 1 nitrogen and oxygen atoms in total. The Morgan fingerprint density at radius 3 is 2.18 bits per heavy atom. The molecule has 1 aromatic rings. The van der Waals surface area contributed by atoms with E-state index >= 15 is 0 Å².